The lowest BCUT2D eigenvalue weighted by Gasteiger charge is -2.28. The molecule has 0 aliphatic rings. The second kappa shape index (κ2) is 12.1. The van der Waals surface area contributed by atoms with Crippen LogP contribution >= 0.6 is 0 Å². The van der Waals surface area contributed by atoms with Crippen LogP contribution in [0.2, 0.25) is 0 Å². The number of aldehydes is 1. The van der Waals surface area contributed by atoms with Crippen LogP contribution in [0, 0.1) is 17.1 Å². The van der Waals surface area contributed by atoms with Gasteiger partial charge in [0.2, 0.25) is 5.89 Å². The molecule has 2 heterocycles. The molecule has 1 atom stereocenters. The first-order valence-corrected chi connectivity index (χ1v) is 13.1. The van der Waals surface area contributed by atoms with E-state index < -0.39 is 46.9 Å². The van der Waals surface area contributed by atoms with Gasteiger partial charge in [0.05, 0.1) is 28.9 Å². The fourth-order valence-electron chi connectivity index (χ4n) is 4.30. The van der Waals surface area contributed by atoms with Crippen molar-refractivity contribution in [2.24, 2.45) is 5.73 Å². The van der Waals surface area contributed by atoms with Gasteiger partial charge in [-0.15, -0.1) is 10.2 Å². The van der Waals surface area contributed by atoms with E-state index in [4.69, 9.17) is 10.2 Å². The molecule has 4 rings (SSSR count). The zero-order valence-electron chi connectivity index (χ0n) is 23.7. The molecular weight excluding hydrogens is 590 g/mol. The Labute approximate surface area is 248 Å². The highest BCUT2D eigenvalue weighted by Gasteiger charge is 2.38. The Balaban J connectivity index is 1.69. The fourth-order valence-corrected chi connectivity index (χ4v) is 4.30. The van der Waals surface area contributed by atoms with E-state index in [2.05, 4.69) is 15.2 Å². The van der Waals surface area contributed by atoms with Crippen LogP contribution in [0.1, 0.15) is 42.8 Å². The molecule has 44 heavy (non-hydrogen) atoms. The molecule has 0 bridgehead atoms. The summed E-state index contributed by atoms with van der Waals surface area (Å²) in [6.07, 6.45) is -3.96. The van der Waals surface area contributed by atoms with E-state index >= 15 is 13.2 Å². The van der Waals surface area contributed by atoms with Gasteiger partial charge in [0.25, 0.3) is 11.8 Å². The Morgan fingerprint density at radius 2 is 1.75 bits per heavy atom. The van der Waals surface area contributed by atoms with Crippen molar-refractivity contribution in [2.75, 3.05) is 11.9 Å². The number of carbonyl (C=O) groups excluding carboxylic acids is 1. The summed E-state index contributed by atoms with van der Waals surface area (Å²) in [5.74, 6) is -5.27. The maximum atomic E-state index is 15.4. The molecule has 2 N–H and O–H groups in total. The molecule has 4 aromatic rings. The number of nitrogens with two attached hydrogens (primary N) is 1. The number of rotatable bonds is 10. The van der Waals surface area contributed by atoms with Crippen molar-refractivity contribution < 1.29 is 35.6 Å². The maximum absolute atomic E-state index is 15.4. The fraction of sp³-hybridized carbons (Fsp3) is 0.300. The van der Waals surface area contributed by atoms with E-state index in [0.717, 1.165) is 18.2 Å². The smallest absolute Gasteiger partial charge is 0.416 e. The predicted molar refractivity (Wildman–Crippen MR) is 148 cm³/mol. The number of carbonyl (C=O) groups is 1. The van der Waals surface area contributed by atoms with Gasteiger partial charge in [0.1, 0.15) is 17.5 Å². The Morgan fingerprint density at radius 1 is 1.07 bits per heavy atom. The number of nitrogens with zero attached hydrogens (tertiary/aromatic N) is 5. The summed E-state index contributed by atoms with van der Waals surface area (Å²) in [4.78, 5) is 16.7. The van der Waals surface area contributed by atoms with Gasteiger partial charge >= 0.3 is 6.18 Å². The highest BCUT2D eigenvalue weighted by atomic mass is 19.4. The van der Waals surface area contributed by atoms with E-state index in [9.17, 15) is 23.2 Å². The minimum absolute atomic E-state index is 0.00920. The molecule has 14 heteroatoms. The monoisotopic (exact) mass is 616 g/mol. The summed E-state index contributed by atoms with van der Waals surface area (Å²) in [6.45, 7) is 3.01. The summed E-state index contributed by atoms with van der Waals surface area (Å²) in [5.41, 5.74) is 3.65. The first kappa shape index (κ1) is 32.2. The summed E-state index contributed by atoms with van der Waals surface area (Å²) in [7, 11) is 1.47. The molecule has 0 saturated heterocycles. The maximum Gasteiger partial charge on any atom is 0.416 e. The number of alkyl halides is 5. The minimum Gasteiger partial charge on any atom is -0.419 e. The summed E-state index contributed by atoms with van der Waals surface area (Å²) in [6, 6.07) is 9.83. The van der Waals surface area contributed by atoms with Gasteiger partial charge in [-0.05, 0) is 49.7 Å². The normalized spacial score (nSPS) is 12.9. The van der Waals surface area contributed by atoms with E-state index in [1.165, 1.54) is 44.1 Å². The largest absolute Gasteiger partial charge is 0.419 e. The number of hydrogen-bond acceptors (Lipinski definition) is 8. The number of aromatic nitrogens is 3. The molecule has 0 fully saturated rings. The van der Waals surface area contributed by atoms with Gasteiger partial charge in [-0.3, -0.25) is 4.98 Å². The number of pyridine rings is 1. The topological polar surface area (TPSA) is 122 Å². The third-order valence-electron chi connectivity index (χ3n) is 6.78. The average molecular weight is 617 g/mol. The van der Waals surface area contributed by atoms with Gasteiger partial charge in [-0.25, -0.2) is 13.2 Å². The Bertz CT molecular complexity index is 1680. The van der Waals surface area contributed by atoms with Crippen LogP contribution in [0.25, 0.3) is 22.7 Å². The third kappa shape index (κ3) is 6.89. The van der Waals surface area contributed by atoms with E-state index in [1.807, 2.05) is 6.07 Å². The van der Waals surface area contributed by atoms with Crippen molar-refractivity contribution in [2.45, 2.75) is 50.4 Å². The van der Waals surface area contributed by atoms with Gasteiger partial charge in [0.15, 0.2) is 0 Å². The van der Waals surface area contributed by atoms with Crippen molar-refractivity contribution >= 4 is 12.0 Å². The van der Waals surface area contributed by atoms with Gasteiger partial charge in [-0.2, -0.15) is 18.4 Å². The number of benzene rings is 2. The standard InChI is InChI=1S/C30H26F6N6O2/c1-28(2,16-37)27-41-40-26(44-27)21-10-25(22(11-23(21)31)29(32,33)12-20(38)15-43)42(3)14-17-4-9-24(39-13-17)18-5-7-19(8-6-18)30(34,35)36/h4-11,13,15,20H,12,14,38H2,1-3H3. The van der Waals surface area contributed by atoms with Crippen LogP contribution < -0.4 is 10.6 Å². The highest BCUT2D eigenvalue weighted by Crippen LogP contribution is 2.42. The molecule has 1 unspecified atom stereocenters. The number of halogens is 6. The SMILES string of the molecule is CN(Cc1ccc(-c2ccc(C(F)(F)F)cc2)nc1)c1cc(-c2nnc(C(C)(C)C#N)o2)c(F)cc1C(F)(F)CC(N)C=O. The molecule has 8 nitrogen and oxygen atoms in total. The molecular formula is C30H26F6N6O2. The van der Waals surface area contributed by atoms with Crippen molar-refractivity contribution in [3.8, 4) is 28.8 Å². The molecule has 0 aliphatic carbocycles. The van der Waals surface area contributed by atoms with Crippen LogP contribution in [0.3, 0.4) is 0 Å². The summed E-state index contributed by atoms with van der Waals surface area (Å²) in [5, 5.41) is 17.0. The van der Waals surface area contributed by atoms with E-state index in [-0.39, 0.29) is 35.9 Å². The first-order valence-electron chi connectivity index (χ1n) is 13.1. The Morgan fingerprint density at radius 3 is 2.32 bits per heavy atom. The summed E-state index contributed by atoms with van der Waals surface area (Å²) >= 11 is 0. The average Bonchev–Trinajstić information content (AvgIpc) is 3.48. The molecule has 230 valence electrons. The minimum atomic E-state index is -4.48. The number of nitriles is 1. The molecule has 0 amide bonds. The van der Waals surface area contributed by atoms with Crippen molar-refractivity contribution in [1.82, 2.24) is 15.2 Å². The lowest BCUT2D eigenvalue weighted by Crippen LogP contribution is -2.31. The second-order valence-corrected chi connectivity index (χ2v) is 10.7. The van der Waals surface area contributed by atoms with E-state index in [1.54, 1.807) is 12.1 Å². The zero-order valence-corrected chi connectivity index (χ0v) is 23.7. The van der Waals surface area contributed by atoms with Crippen LogP contribution in [0.15, 0.2) is 59.1 Å². The molecule has 0 saturated carbocycles. The molecule has 2 aromatic carbocycles. The third-order valence-corrected chi connectivity index (χ3v) is 6.78. The van der Waals surface area contributed by atoms with Crippen molar-refractivity contribution in [3.05, 3.63) is 83.1 Å². The number of anilines is 1. The lowest BCUT2D eigenvalue weighted by molar-refractivity contribution is -0.137. The van der Waals surface area contributed by atoms with Crippen LogP contribution in [-0.4, -0.2) is 34.6 Å². The second-order valence-electron chi connectivity index (χ2n) is 10.7. The zero-order chi connectivity index (χ0) is 32.4. The summed E-state index contributed by atoms with van der Waals surface area (Å²) < 4.78 is 90.3. The van der Waals surface area contributed by atoms with Crippen molar-refractivity contribution in [3.63, 3.8) is 0 Å². The lowest BCUT2D eigenvalue weighted by atomic mass is 9.96. The predicted octanol–water partition coefficient (Wildman–Crippen LogP) is 6.40. The van der Waals surface area contributed by atoms with Gasteiger partial charge in [0, 0.05) is 43.0 Å². The number of hydrogen-bond donors (Lipinski definition) is 1. The quantitative estimate of drug-likeness (QED) is 0.160. The Kier molecular flexibility index (Phi) is 8.83. The van der Waals surface area contributed by atoms with Gasteiger partial charge < -0.3 is 19.8 Å². The highest BCUT2D eigenvalue weighted by molar-refractivity contribution is 5.68. The molecule has 0 aliphatic heterocycles. The van der Waals surface area contributed by atoms with Crippen LogP contribution in [0.5, 0.6) is 0 Å². The Hall–Kier alpha value is -4.77. The molecule has 2 aromatic heterocycles. The van der Waals surface area contributed by atoms with Crippen molar-refractivity contribution in [1.29, 1.82) is 5.26 Å². The van der Waals surface area contributed by atoms with E-state index in [0.29, 0.717) is 22.9 Å². The first-order chi connectivity index (χ1) is 20.6. The molecule has 0 radical (unpaired) electrons. The van der Waals surface area contributed by atoms with Gasteiger partial charge in [-0.1, -0.05) is 18.2 Å². The van der Waals surface area contributed by atoms with Crippen LogP contribution in [-0.2, 0) is 28.9 Å². The van der Waals surface area contributed by atoms with Crippen LogP contribution in [0.4, 0.5) is 32.0 Å². The molecule has 0 spiro atoms.